The smallest absolute Gasteiger partial charge is 0.328 e. The van der Waals surface area contributed by atoms with Crippen LogP contribution in [-0.4, -0.2) is 47.3 Å². The number of aliphatic carboxylic acids is 1. The standard InChI is InChI=1S/C9H18N2O4/c1-3-6(2)10-4-8(13)11-7(5-12)9(14)15/h6-7,10,12H,3-5H2,1-2H3,(H,11,13)(H,14,15)/t6?,7-/m1/s1. The van der Waals surface area contributed by atoms with E-state index in [1.807, 2.05) is 13.8 Å². The number of carbonyl (C=O) groups is 2. The van der Waals surface area contributed by atoms with Gasteiger partial charge in [-0.3, -0.25) is 4.79 Å². The molecule has 0 aliphatic rings. The van der Waals surface area contributed by atoms with Crippen LogP contribution in [-0.2, 0) is 9.59 Å². The molecule has 0 aromatic carbocycles. The fourth-order valence-corrected chi connectivity index (χ4v) is 0.842. The van der Waals surface area contributed by atoms with Gasteiger partial charge in [0.05, 0.1) is 13.2 Å². The highest BCUT2D eigenvalue weighted by molar-refractivity contribution is 5.84. The van der Waals surface area contributed by atoms with Crippen LogP contribution in [0, 0.1) is 0 Å². The first-order valence-corrected chi connectivity index (χ1v) is 4.87. The Morgan fingerprint density at radius 1 is 1.40 bits per heavy atom. The molecule has 0 heterocycles. The molecule has 0 rings (SSSR count). The van der Waals surface area contributed by atoms with E-state index in [-0.39, 0.29) is 12.6 Å². The normalized spacial score (nSPS) is 14.3. The second-order valence-electron chi connectivity index (χ2n) is 3.33. The van der Waals surface area contributed by atoms with E-state index in [4.69, 9.17) is 10.2 Å². The molecule has 88 valence electrons. The first-order valence-electron chi connectivity index (χ1n) is 4.87. The summed E-state index contributed by atoms with van der Waals surface area (Å²) in [6.45, 7) is 3.35. The van der Waals surface area contributed by atoms with Crippen molar-refractivity contribution < 1.29 is 19.8 Å². The summed E-state index contributed by atoms with van der Waals surface area (Å²) in [4.78, 5) is 21.7. The summed E-state index contributed by atoms with van der Waals surface area (Å²) < 4.78 is 0. The van der Waals surface area contributed by atoms with Gasteiger partial charge in [0.15, 0.2) is 0 Å². The Morgan fingerprint density at radius 3 is 2.40 bits per heavy atom. The number of hydrogen-bond donors (Lipinski definition) is 4. The Hall–Kier alpha value is -1.14. The molecule has 4 N–H and O–H groups in total. The van der Waals surface area contributed by atoms with Crippen LogP contribution in [0.1, 0.15) is 20.3 Å². The van der Waals surface area contributed by atoms with Crippen molar-refractivity contribution in [2.75, 3.05) is 13.2 Å². The first kappa shape index (κ1) is 13.9. The number of hydrogen-bond acceptors (Lipinski definition) is 4. The maximum atomic E-state index is 11.2. The van der Waals surface area contributed by atoms with Gasteiger partial charge in [-0.15, -0.1) is 0 Å². The van der Waals surface area contributed by atoms with Gasteiger partial charge in [-0.1, -0.05) is 6.92 Å². The molecule has 0 radical (unpaired) electrons. The van der Waals surface area contributed by atoms with Crippen LogP contribution in [0.4, 0.5) is 0 Å². The summed E-state index contributed by atoms with van der Waals surface area (Å²) in [7, 11) is 0. The van der Waals surface area contributed by atoms with Crippen LogP contribution in [0.15, 0.2) is 0 Å². The summed E-state index contributed by atoms with van der Waals surface area (Å²) in [5, 5.41) is 22.3. The van der Waals surface area contributed by atoms with E-state index in [1.165, 1.54) is 0 Å². The van der Waals surface area contributed by atoms with Gasteiger partial charge in [0.1, 0.15) is 6.04 Å². The number of rotatable bonds is 7. The van der Waals surface area contributed by atoms with Gasteiger partial charge in [0.25, 0.3) is 0 Å². The second-order valence-corrected chi connectivity index (χ2v) is 3.33. The molecule has 0 aliphatic carbocycles. The molecule has 0 saturated heterocycles. The molecule has 6 heteroatoms. The molecule has 15 heavy (non-hydrogen) atoms. The third-order valence-electron chi connectivity index (χ3n) is 2.04. The predicted octanol–water partition coefficient (Wildman–Crippen LogP) is -1.06. The zero-order valence-corrected chi connectivity index (χ0v) is 8.99. The lowest BCUT2D eigenvalue weighted by Gasteiger charge is -2.14. The molecule has 1 amide bonds. The molecule has 0 bridgehead atoms. The van der Waals surface area contributed by atoms with Gasteiger partial charge in [-0.25, -0.2) is 4.79 Å². The van der Waals surface area contributed by atoms with E-state index in [0.29, 0.717) is 0 Å². The average molecular weight is 218 g/mol. The van der Waals surface area contributed by atoms with Crippen molar-refractivity contribution in [2.45, 2.75) is 32.4 Å². The minimum atomic E-state index is -1.24. The number of carboxylic acids is 1. The molecular formula is C9H18N2O4. The molecule has 0 aromatic rings. The van der Waals surface area contributed by atoms with Crippen LogP contribution in [0.3, 0.4) is 0 Å². The molecule has 0 spiro atoms. The Bertz CT molecular complexity index is 220. The molecule has 0 saturated carbocycles. The zero-order chi connectivity index (χ0) is 11.8. The lowest BCUT2D eigenvalue weighted by Crippen LogP contribution is -2.47. The lowest BCUT2D eigenvalue weighted by atomic mass is 10.2. The van der Waals surface area contributed by atoms with Gasteiger partial charge in [0.2, 0.25) is 5.91 Å². The fraction of sp³-hybridized carbons (Fsp3) is 0.778. The second kappa shape index (κ2) is 7.19. The van der Waals surface area contributed by atoms with Crippen LogP contribution in [0.25, 0.3) is 0 Å². The minimum absolute atomic E-state index is 0.0544. The van der Waals surface area contributed by atoms with Crippen molar-refractivity contribution in [3.63, 3.8) is 0 Å². The van der Waals surface area contributed by atoms with Crippen LogP contribution >= 0.6 is 0 Å². The quantitative estimate of drug-likeness (QED) is 0.436. The maximum absolute atomic E-state index is 11.2. The lowest BCUT2D eigenvalue weighted by molar-refractivity contribution is -0.142. The van der Waals surface area contributed by atoms with Gasteiger partial charge in [-0.05, 0) is 13.3 Å². The summed E-state index contributed by atoms with van der Waals surface area (Å²) in [6.07, 6.45) is 0.885. The summed E-state index contributed by atoms with van der Waals surface area (Å²) in [5.41, 5.74) is 0. The third-order valence-corrected chi connectivity index (χ3v) is 2.04. The highest BCUT2D eigenvalue weighted by Gasteiger charge is 2.18. The largest absolute Gasteiger partial charge is 0.480 e. The van der Waals surface area contributed by atoms with Gasteiger partial charge in [0, 0.05) is 6.04 Å². The van der Waals surface area contributed by atoms with E-state index in [9.17, 15) is 9.59 Å². The number of carbonyl (C=O) groups excluding carboxylic acids is 1. The molecule has 0 aliphatic heterocycles. The fourth-order valence-electron chi connectivity index (χ4n) is 0.842. The van der Waals surface area contributed by atoms with Gasteiger partial charge < -0.3 is 20.8 Å². The average Bonchev–Trinajstić information content (AvgIpc) is 2.21. The summed E-state index contributed by atoms with van der Waals surface area (Å²) >= 11 is 0. The van der Waals surface area contributed by atoms with E-state index >= 15 is 0 Å². The van der Waals surface area contributed by atoms with Crippen molar-refractivity contribution in [2.24, 2.45) is 0 Å². The monoisotopic (exact) mass is 218 g/mol. The molecular weight excluding hydrogens is 200 g/mol. The SMILES string of the molecule is CCC(C)NCC(=O)N[C@H](CO)C(=O)O. The highest BCUT2D eigenvalue weighted by Crippen LogP contribution is 1.87. The number of aliphatic hydroxyl groups excluding tert-OH is 1. The van der Waals surface area contributed by atoms with E-state index in [2.05, 4.69) is 10.6 Å². The predicted molar refractivity (Wildman–Crippen MR) is 54.4 cm³/mol. The maximum Gasteiger partial charge on any atom is 0.328 e. The van der Waals surface area contributed by atoms with E-state index < -0.39 is 24.5 Å². The first-order chi connectivity index (χ1) is 7.01. The van der Waals surface area contributed by atoms with Crippen molar-refractivity contribution in [3.8, 4) is 0 Å². The van der Waals surface area contributed by atoms with Gasteiger partial charge >= 0.3 is 5.97 Å². The Balaban J connectivity index is 3.86. The highest BCUT2D eigenvalue weighted by atomic mass is 16.4. The summed E-state index contributed by atoms with van der Waals surface area (Å²) in [5.74, 6) is -1.67. The molecule has 0 fully saturated rings. The van der Waals surface area contributed by atoms with Crippen LogP contribution < -0.4 is 10.6 Å². The minimum Gasteiger partial charge on any atom is -0.480 e. The molecule has 1 unspecified atom stereocenters. The number of amides is 1. The van der Waals surface area contributed by atoms with E-state index in [1.54, 1.807) is 0 Å². The molecule has 2 atom stereocenters. The number of nitrogens with one attached hydrogen (secondary N) is 2. The zero-order valence-electron chi connectivity index (χ0n) is 8.99. The van der Waals surface area contributed by atoms with E-state index in [0.717, 1.165) is 6.42 Å². The molecule has 0 aromatic heterocycles. The Morgan fingerprint density at radius 2 is 2.00 bits per heavy atom. The third kappa shape index (κ3) is 6.03. The van der Waals surface area contributed by atoms with Crippen molar-refractivity contribution in [1.29, 1.82) is 0 Å². The Kier molecular flexibility index (Phi) is 6.64. The number of carboxylic acid groups (broad SMARTS) is 1. The van der Waals surface area contributed by atoms with Crippen LogP contribution in [0.5, 0.6) is 0 Å². The number of aliphatic hydroxyl groups is 1. The van der Waals surface area contributed by atoms with Crippen molar-refractivity contribution in [1.82, 2.24) is 10.6 Å². The van der Waals surface area contributed by atoms with Gasteiger partial charge in [-0.2, -0.15) is 0 Å². The molecule has 6 nitrogen and oxygen atoms in total. The van der Waals surface area contributed by atoms with Crippen molar-refractivity contribution in [3.05, 3.63) is 0 Å². The van der Waals surface area contributed by atoms with Crippen molar-refractivity contribution >= 4 is 11.9 Å². The Labute approximate surface area is 88.7 Å². The topological polar surface area (TPSA) is 98.7 Å². The van der Waals surface area contributed by atoms with Crippen LogP contribution in [0.2, 0.25) is 0 Å². The summed E-state index contributed by atoms with van der Waals surface area (Å²) in [6, 6.07) is -1.02.